The van der Waals surface area contributed by atoms with Crippen LogP contribution in [0, 0.1) is 0 Å². The molecule has 0 saturated heterocycles. The Balaban J connectivity index is 1.19. The molecule has 3 aliphatic rings. The van der Waals surface area contributed by atoms with Crippen LogP contribution in [0.25, 0.3) is 98.8 Å². The van der Waals surface area contributed by atoms with Crippen LogP contribution in [0.1, 0.15) is 11.5 Å². The Labute approximate surface area is 304 Å². The quantitative estimate of drug-likeness (QED) is 0.179. The van der Waals surface area contributed by atoms with Crippen LogP contribution < -0.4 is 4.74 Å². The van der Waals surface area contributed by atoms with Crippen molar-refractivity contribution in [1.82, 2.24) is 9.13 Å². The normalized spacial score (nSPS) is 16.7. The fourth-order valence-corrected chi connectivity index (χ4v) is 9.99. The number of hydrogen-bond donors (Lipinski definition) is 0. The molecule has 3 heteroatoms. The maximum atomic E-state index is 6.65. The molecule has 3 heterocycles. The zero-order valence-corrected chi connectivity index (χ0v) is 28.6. The Morgan fingerprint density at radius 1 is 0.434 bits per heavy atom. The number of nitrogens with zero attached hydrogens (tertiary/aromatic N) is 2. The van der Waals surface area contributed by atoms with E-state index in [0.29, 0.717) is 0 Å². The van der Waals surface area contributed by atoms with Gasteiger partial charge in [-0.05, 0) is 69.4 Å². The number of aromatic nitrogens is 2. The number of para-hydroxylation sites is 1. The summed E-state index contributed by atoms with van der Waals surface area (Å²) < 4.78 is 11.7. The molecule has 53 heavy (non-hydrogen) atoms. The van der Waals surface area contributed by atoms with Gasteiger partial charge in [0.15, 0.2) is 0 Å². The summed E-state index contributed by atoms with van der Waals surface area (Å²) in [5, 5.41) is 10.1. The van der Waals surface area contributed by atoms with Gasteiger partial charge in [0.25, 0.3) is 0 Å². The zero-order valence-electron chi connectivity index (χ0n) is 28.6. The lowest BCUT2D eigenvalue weighted by atomic mass is 9.91. The van der Waals surface area contributed by atoms with Gasteiger partial charge in [0.1, 0.15) is 11.9 Å². The van der Waals surface area contributed by atoms with Crippen molar-refractivity contribution in [3.05, 3.63) is 175 Å². The maximum Gasteiger partial charge on any atom is 0.128 e. The molecule has 2 aliphatic carbocycles. The fourth-order valence-electron chi connectivity index (χ4n) is 9.99. The van der Waals surface area contributed by atoms with Crippen LogP contribution in [0.5, 0.6) is 5.75 Å². The van der Waals surface area contributed by atoms with E-state index in [2.05, 4.69) is 179 Å². The van der Waals surface area contributed by atoms with Crippen molar-refractivity contribution < 1.29 is 4.74 Å². The SMILES string of the molecule is C1=CC2Oc3cc4c(cc3C2C=C1)c1ccc2c(c3ccccc3n2-c2ccc3c5c(cccc25)-c2ccccc2-3)c1n4-c1cccc2ccccc12. The van der Waals surface area contributed by atoms with Crippen LogP contribution in [-0.2, 0) is 0 Å². The number of ether oxygens (including phenoxy) is 1. The van der Waals surface area contributed by atoms with Crippen LogP contribution in [0.3, 0.4) is 0 Å². The molecule has 2 aromatic heterocycles. The Bertz CT molecular complexity index is 3300. The summed E-state index contributed by atoms with van der Waals surface area (Å²) in [6, 6.07) is 54.1. The molecule has 13 rings (SSSR count). The van der Waals surface area contributed by atoms with Gasteiger partial charge in [0.05, 0.1) is 33.4 Å². The van der Waals surface area contributed by atoms with Gasteiger partial charge >= 0.3 is 0 Å². The monoisotopic (exact) mass is 674 g/mol. The molecule has 10 aromatic rings. The van der Waals surface area contributed by atoms with Gasteiger partial charge < -0.3 is 13.9 Å². The van der Waals surface area contributed by atoms with E-state index < -0.39 is 0 Å². The van der Waals surface area contributed by atoms with Gasteiger partial charge in [-0.1, -0.05) is 127 Å². The van der Waals surface area contributed by atoms with E-state index in [1.807, 2.05) is 0 Å². The summed E-state index contributed by atoms with van der Waals surface area (Å²) in [5.41, 5.74) is 13.7. The van der Waals surface area contributed by atoms with Crippen molar-refractivity contribution in [2.75, 3.05) is 0 Å². The topological polar surface area (TPSA) is 19.1 Å². The number of benzene rings is 8. The van der Waals surface area contributed by atoms with E-state index in [1.165, 1.54) is 98.8 Å². The van der Waals surface area contributed by atoms with Crippen molar-refractivity contribution in [1.29, 1.82) is 0 Å². The van der Waals surface area contributed by atoms with Crippen LogP contribution in [0.2, 0.25) is 0 Å². The summed E-state index contributed by atoms with van der Waals surface area (Å²) in [4.78, 5) is 0. The highest BCUT2D eigenvalue weighted by Gasteiger charge is 2.34. The molecule has 0 amide bonds. The third-order valence-electron chi connectivity index (χ3n) is 12.2. The van der Waals surface area contributed by atoms with E-state index in [0.717, 1.165) is 11.3 Å². The molecular formula is C50H30N2O. The molecule has 8 aromatic carbocycles. The second-order valence-electron chi connectivity index (χ2n) is 14.7. The number of allylic oxidation sites excluding steroid dienone is 2. The molecule has 2 unspecified atom stereocenters. The van der Waals surface area contributed by atoms with Crippen LogP contribution in [-0.4, -0.2) is 15.2 Å². The molecule has 2 atom stereocenters. The highest BCUT2D eigenvalue weighted by molar-refractivity contribution is 6.27. The minimum Gasteiger partial charge on any atom is -0.485 e. The van der Waals surface area contributed by atoms with Crippen molar-refractivity contribution in [3.8, 4) is 39.4 Å². The molecular weight excluding hydrogens is 645 g/mol. The number of rotatable bonds is 2. The van der Waals surface area contributed by atoms with Crippen molar-refractivity contribution in [2.45, 2.75) is 12.0 Å². The first-order valence-corrected chi connectivity index (χ1v) is 18.5. The summed E-state index contributed by atoms with van der Waals surface area (Å²) in [6.45, 7) is 0. The van der Waals surface area contributed by atoms with E-state index in [9.17, 15) is 0 Å². The molecule has 0 radical (unpaired) electrons. The van der Waals surface area contributed by atoms with E-state index >= 15 is 0 Å². The summed E-state index contributed by atoms with van der Waals surface area (Å²) in [7, 11) is 0. The summed E-state index contributed by atoms with van der Waals surface area (Å²) in [5.74, 6) is 1.19. The lowest BCUT2D eigenvalue weighted by Crippen LogP contribution is -2.15. The van der Waals surface area contributed by atoms with Gasteiger partial charge in [0.2, 0.25) is 0 Å². The predicted molar refractivity (Wildman–Crippen MR) is 220 cm³/mol. The first kappa shape index (κ1) is 27.8. The van der Waals surface area contributed by atoms with Crippen LogP contribution in [0.15, 0.2) is 170 Å². The number of hydrogen-bond acceptors (Lipinski definition) is 1. The van der Waals surface area contributed by atoms with Crippen molar-refractivity contribution in [3.63, 3.8) is 0 Å². The average Bonchev–Trinajstić information content (AvgIpc) is 3.94. The Hall–Kier alpha value is -6.84. The second kappa shape index (κ2) is 9.93. The largest absolute Gasteiger partial charge is 0.485 e. The smallest absolute Gasteiger partial charge is 0.128 e. The Kier molecular flexibility index (Phi) is 5.22. The first-order chi connectivity index (χ1) is 26.3. The van der Waals surface area contributed by atoms with Crippen LogP contribution >= 0.6 is 0 Å². The van der Waals surface area contributed by atoms with Crippen LogP contribution in [0.4, 0.5) is 0 Å². The minimum atomic E-state index is 0.0361. The number of fused-ring (bicyclic) bond motifs is 14. The maximum absolute atomic E-state index is 6.65. The Morgan fingerprint density at radius 2 is 1.15 bits per heavy atom. The van der Waals surface area contributed by atoms with E-state index in [4.69, 9.17) is 4.74 Å². The van der Waals surface area contributed by atoms with E-state index in [-0.39, 0.29) is 12.0 Å². The lowest BCUT2D eigenvalue weighted by Gasteiger charge is -2.14. The van der Waals surface area contributed by atoms with E-state index in [1.54, 1.807) is 0 Å². The van der Waals surface area contributed by atoms with Gasteiger partial charge in [0, 0.05) is 49.9 Å². The highest BCUT2D eigenvalue weighted by Crippen LogP contribution is 2.51. The lowest BCUT2D eigenvalue weighted by molar-refractivity contribution is 0.269. The molecule has 1 aliphatic heterocycles. The molecule has 0 fully saturated rings. The minimum absolute atomic E-state index is 0.0361. The fraction of sp³-hybridized carbons (Fsp3) is 0.0400. The van der Waals surface area contributed by atoms with Crippen molar-refractivity contribution in [2.24, 2.45) is 0 Å². The molecule has 0 spiro atoms. The van der Waals surface area contributed by atoms with Gasteiger partial charge in [-0.3, -0.25) is 0 Å². The summed E-state index contributed by atoms with van der Waals surface area (Å²) in [6.07, 6.45) is 8.76. The molecule has 246 valence electrons. The van der Waals surface area contributed by atoms with Gasteiger partial charge in [-0.15, -0.1) is 0 Å². The molecule has 0 bridgehead atoms. The van der Waals surface area contributed by atoms with Crippen molar-refractivity contribution >= 4 is 65.2 Å². The Morgan fingerprint density at radius 3 is 2.08 bits per heavy atom. The third kappa shape index (κ3) is 3.49. The molecule has 3 nitrogen and oxygen atoms in total. The first-order valence-electron chi connectivity index (χ1n) is 18.5. The molecule has 0 saturated carbocycles. The average molecular weight is 675 g/mol. The highest BCUT2D eigenvalue weighted by atomic mass is 16.5. The van der Waals surface area contributed by atoms with Gasteiger partial charge in [-0.2, -0.15) is 0 Å². The standard InChI is InChI=1S/C50H30N2O/c1-2-13-30-29(11-1)12-9-21-41(30)52-45-28-47-40(33-16-6-8-22-46(33)53-47)27-39(45)36-24-26-44-49(50(36)52)38-17-5-7-20-42(38)51(44)43-25-23-35-32-15-4-3-14-31(32)34-18-10-19-37(43)48(34)35/h1-28,33,46H. The second-order valence-corrected chi connectivity index (χ2v) is 14.7. The predicted octanol–water partition coefficient (Wildman–Crippen LogP) is 12.8. The summed E-state index contributed by atoms with van der Waals surface area (Å²) >= 11 is 0. The third-order valence-corrected chi connectivity index (χ3v) is 12.2. The van der Waals surface area contributed by atoms with Gasteiger partial charge in [-0.25, -0.2) is 0 Å². The molecule has 0 N–H and O–H groups in total. The zero-order chi connectivity index (χ0) is 34.4.